The molecule has 0 radical (unpaired) electrons. The lowest BCUT2D eigenvalue weighted by molar-refractivity contribution is 0.102. The first-order valence-corrected chi connectivity index (χ1v) is 12.8. The number of anilines is 3. The Bertz CT molecular complexity index is 1320. The van der Waals surface area contributed by atoms with E-state index in [1.165, 1.54) is 5.56 Å². The van der Waals surface area contributed by atoms with Gasteiger partial charge in [-0.25, -0.2) is 9.97 Å². The molecule has 8 heteroatoms. The molecule has 38 heavy (non-hydrogen) atoms. The van der Waals surface area contributed by atoms with E-state index in [0.717, 1.165) is 55.2 Å². The monoisotopic (exact) mass is 509 g/mol. The van der Waals surface area contributed by atoms with Crippen LogP contribution in [0.15, 0.2) is 78.1 Å². The van der Waals surface area contributed by atoms with Crippen LogP contribution in [0.4, 0.5) is 17.3 Å². The fraction of sp³-hybridized carbons (Fsp3) is 0.267. The number of carbonyl (C=O) groups is 1. The summed E-state index contributed by atoms with van der Waals surface area (Å²) < 4.78 is 0. The lowest BCUT2D eigenvalue weighted by atomic mass is 10.1. The standard InChI is InChI=1S/C30H35N7O/c1-5-6-25(20-31-3)27-13-14-32-30(34-27)35-28-19-26(12-7-22(28)2)33-29(38)24-10-8-23(9-11-24)21-37-17-15-36(4)16-18-37/h5-14,19-20H,3,15-18,21H2,1-2,4H3,(H,33,38)(H,32,34,35)/b6-5-,25-20+. The first kappa shape index (κ1) is 26.9. The van der Waals surface area contributed by atoms with Gasteiger partial charge in [0.2, 0.25) is 5.95 Å². The minimum Gasteiger partial charge on any atom is -0.324 e. The topological polar surface area (TPSA) is 85.7 Å². The van der Waals surface area contributed by atoms with Crippen LogP contribution in [0.1, 0.15) is 34.1 Å². The number of aryl methyl sites for hydroxylation is 1. The summed E-state index contributed by atoms with van der Waals surface area (Å²) in [6, 6.07) is 15.4. The molecule has 0 aliphatic carbocycles. The number of piperazine rings is 1. The van der Waals surface area contributed by atoms with Crippen LogP contribution in [0.3, 0.4) is 0 Å². The average molecular weight is 510 g/mol. The van der Waals surface area contributed by atoms with E-state index in [1.807, 2.05) is 74.5 Å². The van der Waals surface area contributed by atoms with E-state index in [9.17, 15) is 4.79 Å². The number of carbonyl (C=O) groups excluding carboxylic acids is 1. The van der Waals surface area contributed by atoms with Crippen molar-refractivity contribution in [3.05, 3.63) is 95.5 Å². The molecular weight excluding hydrogens is 474 g/mol. The van der Waals surface area contributed by atoms with E-state index in [0.29, 0.717) is 17.2 Å². The molecule has 0 unspecified atom stereocenters. The summed E-state index contributed by atoms with van der Waals surface area (Å²) >= 11 is 0. The molecule has 4 rings (SSSR count). The minimum atomic E-state index is -0.151. The highest BCUT2D eigenvalue weighted by Crippen LogP contribution is 2.24. The van der Waals surface area contributed by atoms with Crippen LogP contribution in [-0.2, 0) is 6.54 Å². The van der Waals surface area contributed by atoms with E-state index < -0.39 is 0 Å². The van der Waals surface area contributed by atoms with E-state index in [1.54, 1.807) is 12.4 Å². The third-order valence-corrected chi connectivity index (χ3v) is 6.49. The molecule has 1 aromatic heterocycles. The summed E-state index contributed by atoms with van der Waals surface area (Å²) in [6.45, 7) is 12.7. The minimum absolute atomic E-state index is 0.151. The molecule has 1 saturated heterocycles. The van der Waals surface area contributed by atoms with Gasteiger partial charge in [0.05, 0.1) is 5.69 Å². The van der Waals surface area contributed by atoms with Gasteiger partial charge in [-0.2, -0.15) is 0 Å². The molecule has 3 aromatic rings. The zero-order valence-corrected chi connectivity index (χ0v) is 22.3. The van der Waals surface area contributed by atoms with Crippen molar-refractivity contribution in [1.82, 2.24) is 19.8 Å². The van der Waals surface area contributed by atoms with Crippen molar-refractivity contribution in [1.29, 1.82) is 0 Å². The van der Waals surface area contributed by atoms with Gasteiger partial charge in [0.15, 0.2) is 0 Å². The number of aliphatic imine (C=N–C) groups is 1. The molecule has 196 valence electrons. The number of aromatic nitrogens is 2. The maximum Gasteiger partial charge on any atom is 0.255 e. The third-order valence-electron chi connectivity index (χ3n) is 6.49. The Labute approximate surface area is 224 Å². The molecule has 1 fully saturated rings. The van der Waals surface area contributed by atoms with Crippen LogP contribution in [0.25, 0.3) is 5.57 Å². The Morgan fingerprint density at radius 1 is 1.11 bits per heavy atom. The Hall–Kier alpha value is -4.14. The molecule has 1 amide bonds. The summed E-state index contributed by atoms with van der Waals surface area (Å²) in [5.74, 6) is 0.298. The average Bonchev–Trinajstić information content (AvgIpc) is 2.92. The summed E-state index contributed by atoms with van der Waals surface area (Å²) in [6.07, 6.45) is 7.19. The zero-order chi connectivity index (χ0) is 26.9. The second-order valence-electron chi connectivity index (χ2n) is 9.42. The van der Waals surface area contributed by atoms with E-state index in [4.69, 9.17) is 0 Å². The van der Waals surface area contributed by atoms with E-state index in [-0.39, 0.29) is 5.91 Å². The van der Waals surface area contributed by atoms with Crippen molar-refractivity contribution in [3.8, 4) is 0 Å². The first-order chi connectivity index (χ1) is 18.4. The van der Waals surface area contributed by atoms with E-state index in [2.05, 4.69) is 49.2 Å². The van der Waals surface area contributed by atoms with Gasteiger partial charge in [-0.3, -0.25) is 14.7 Å². The lowest BCUT2D eigenvalue weighted by Crippen LogP contribution is -2.43. The Morgan fingerprint density at radius 2 is 1.87 bits per heavy atom. The molecule has 1 aliphatic rings. The smallest absolute Gasteiger partial charge is 0.255 e. The molecule has 0 saturated carbocycles. The number of amides is 1. The van der Waals surface area contributed by atoms with E-state index >= 15 is 0 Å². The number of hydrogen-bond donors (Lipinski definition) is 2. The van der Waals surface area contributed by atoms with Gasteiger partial charge in [0.1, 0.15) is 0 Å². The second-order valence-corrected chi connectivity index (χ2v) is 9.42. The Balaban J connectivity index is 1.42. The van der Waals surface area contributed by atoms with Crippen LogP contribution in [-0.4, -0.2) is 65.6 Å². The number of nitrogens with one attached hydrogen (secondary N) is 2. The van der Waals surface area contributed by atoms with Crippen molar-refractivity contribution in [2.45, 2.75) is 20.4 Å². The number of allylic oxidation sites excluding steroid dienone is 3. The Morgan fingerprint density at radius 3 is 2.58 bits per heavy atom. The number of benzene rings is 2. The van der Waals surface area contributed by atoms with Crippen LogP contribution in [0.2, 0.25) is 0 Å². The largest absolute Gasteiger partial charge is 0.324 e. The van der Waals surface area contributed by atoms with Gasteiger partial charge < -0.3 is 15.5 Å². The van der Waals surface area contributed by atoms with Crippen molar-refractivity contribution in [3.63, 3.8) is 0 Å². The van der Waals surface area contributed by atoms with Crippen LogP contribution in [0.5, 0.6) is 0 Å². The highest BCUT2D eigenvalue weighted by molar-refractivity contribution is 6.04. The van der Waals surface area contributed by atoms with Gasteiger partial charge in [-0.05, 0) is 69.1 Å². The van der Waals surface area contributed by atoms with Crippen molar-refractivity contribution < 1.29 is 4.79 Å². The lowest BCUT2D eigenvalue weighted by Gasteiger charge is -2.32. The predicted octanol–water partition coefficient (Wildman–Crippen LogP) is 5.15. The van der Waals surface area contributed by atoms with Crippen molar-refractivity contribution >= 4 is 35.5 Å². The van der Waals surface area contributed by atoms with Crippen molar-refractivity contribution in [2.24, 2.45) is 4.99 Å². The summed E-state index contributed by atoms with van der Waals surface area (Å²) in [7, 11) is 2.16. The fourth-order valence-corrected chi connectivity index (χ4v) is 4.24. The number of likely N-dealkylation sites (N-methyl/N-ethyl adjacent to an activating group) is 1. The van der Waals surface area contributed by atoms with Gasteiger partial charge in [0.25, 0.3) is 5.91 Å². The number of nitrogens with zero attached hydrogens (tertiary/aromatic N) is 5. The Kier molecular flexibility index (Phi) is 9.13. The maximum atomic E-state index is 12.9. The molecular formula is C30H35N7O. The summed E-state index contributed by atoms with van der Waals surface area (Å²) in [4.78, 5) is 30.6. The van der Waals surface area contributed by atoms with Crippen LogP contribution in [0, 0.1) is 6.92 Å². The van der Waals surface area contributed by atoms with Gasteiger partial charge in [-0.1, -0.05) is 30.4 Å². The summed E-state index contributed by atoms with van der Waals surface area (Å²) in [5, 5.41) is 6.28. The molecule has 2 heterocycles. The van der Waals surface area contributed by atoms with Crippen LogP contribution >= 0.6 is 0 Å². The van der Waals surface area contributed by atoms with Gasteiger partial charge in [0, 0.05) is 67.6 Å². The van der Waals surface area contributed by atoms with Crippen LogP contribution < -0.4 is 10.6 Å². The molecule has 1 aliphatic heterocycles. The van der Waals surface area contributed by atoms with Gasteiger partial charge >= 0.3 is 0 Å². The van der Waals surface area contributed by atoms with Crippen molar-refractivity contribution in [2.75, 3.05) is 43.9 Å². The normalized spacial score (nSPS) is 15.0. The molecule has 0 spiro atoms. The number of hydrogen-bond acceptors (Lipinski definition) is 7. The molecule has 2 N–H and O–H groups in total. The molecule has 2 aromatic carbocycles. The first-order valence-electron chi connectivity index (χ1n) is 12.8. The summed E-state index contributed by atoms with van der Waals surface area (Å²) in [5.41, 5.74) is 5.89. The quantitative estimate of drug-likeness (QED) is 0.307. The molecule has 0 atom stereocenters. The molecule has 0 bridgehead atoms. The third kappa shape index (κ3) is 7.21. The second kappa shape index (κ2) is 12.9. The molecule has 8 nitrogen and oxygen atoms in total. The highest BCUT2D eigenvalue weighted by Gasteiger charge is 2.14. The number of rotatable bonds is 9. The van der Waals surface area contributed by atoms with Gasteiger partial charge in [-0.15, -0.1) is 0 Å². The SMILES string of the molecule is C=N/C=C(\C=C/C)c1ccnc(Nc2cc(NC(=O)c3ccc(CN4CCN(C)CC4)cc3)ccc2C)n1. The fourth-order valence-electron chi connectivity index (χ4n) is 4.24. The maximum absolute atomic E-state index is 12.9. The predicted molar refractivity (Wildman–Crippen MR) is 156 cm³/mol. The highest BCUT2D eigenvalue weighted by atomic mass is 16.1. The zero-order valence-electron chi connectivity index (χ0n) is 22.3.